The molecule has 0 saturated carbocycles. The van der Waals surface area contributed by atoms with Crippen LogP contribution in [0.4, 0.5) is 0 Å². The number of likely N-dealkylation sites (tertiary alicyclic amines) is 1. The zero-order chi connectivity index (χ0) is 16.2. The Bertz CT molecular complexity index is 528. The van der Waals surface area contributed by atoms with E-state index in [-0.39, 0.29) is 24.0 Å². The number of benzene rings is 1. The standard InChI is InChI=1S/C19H27NO3/c1-2-4-14-6-8-15(9-7-14)19(22)20-11-3-5-17(20)16-13-23-12-10-18(16)21/h6-9,16-18,21H,2-5,10-13H2,1H3/t16-,17+,18+/m0/s1. The number of carbonyl (C=O) groups is 1. The number of amides is 1. The molecule has 4 heteroatoms. The topological polar surface area (TPSA) is 49.8 Å². The van der Waals surface area contributed by atoms with Gasteiger partial charge in [-0.05, 0) is 43.4 Å². The molecule has 3 rings (SSSR count). The van der Waals surface area contributed by atoms with E-state index in [2.05, 4.69) is 19.1 Å². The van der Waals surface area contributed by atoms with Crippen LogP contribution in [-0.4, -0.2) is 47.8 Å². The van der Waals surface area contributed by atoms with Crippen molar-refractivity contribution in [2.24, 2.45) is 5.92 Å². The number of aliphatic hydroxyl groups is 1. The molecular weight excluding hydrogens is 290 g/mol. The van der Waals surface area contributed by atoms with Crippen molar-refractivity contribution < 1.29 is 14.6 Å². The van der Waals surface area contributed by atoms with E-state index in [1.54, 1.807) is 0 Å². The van der Waals surface area contributed by atoms with Crippen LogP contribution >= 0.6 is 0 Å². The Kier molecular flexibility index (Phi) is 5.34. The number of carbonyl (C=O) groups excluding carboxylic acids is 1. The highest BCUT2D eigenvalue weighted by atomic mass is 16.5. The number of aryl methyl sites for hydroxylation is 1. The summed E-state index contributed by atoms with van der Waals surface area (Å²) in [6.07, 6.45) is 4.45. The lowest BCUT2D eigenvalue weighted by Crippen LogP contribution is -2.48. The molecule has 0 unspecified atom stereocenters. The molecule has 23 heavy (non-hydrogen) atoms. The van der Waals surface area contributed by atoms with Gasteiger partial charge in [0.05, 0.1) is 12.7 Å². The van der Waals surface area contributed by atoms with Gasteiger partial charge in [-0.15, -0.1) is 0 Å². The van der Waals surface area contributed by atoms with Crippen molar-refractivity contribution in [3.8, 4) is 0 Å². The van der Waals surface area contributed by atoms with Crippen molar-refractivity contribution in [2.45, 2.75) is 51.2 Å². The van der Waals surface area contributed by atoms with Crippen molar-refractivity contribution in [3.05, 3.63) is 35.4 Å². The van der Waals surface area contributed by atoms with E-state index in [1.165, 1.54) is 5.56 Å². The largest absolute Gasteiger partial charge is 0.393 e. The first-order valence-electron chi connectivity index (χ1n) is 8.86. The number of hydrogen-bond acceptors (Lipinski definition) is 3. The second kappa shape index (κ2) is 7.45. The molecule has 2 fully saturated rings. The summed E-state index contributed by atoms with van der Waals surface area (Å²) in [6, 6.07) is 8.10. The molecule has 2 aliphatic heterocycles. The minimum Gasteiger partial charge on any atom is -0.393 e. The molecule has 0 radical (unpaired) electrons. The molecule has 0 spiro atoms. The number of aliphatic hydroxyl groups excluding tert-OH is 1. The molecule has 4 nitrogen and oxygen atoms in total. The maximum atomic E-state index is 12.9. The molecular formula is C19H27NO3. The Hall–Kier alpha value is -1.39. The Labute approximate surface area is 138 Å². The SMILES string of the molecule is CCCc1ccc(C(=O)N2CCC[C@@H]2[C@@H]2COCC[C@H]2O)cc1. The third-order valence-corrected chi connectivity index (χ3v) is 5.16. The Morgan fingerprint density at radius 3 is 2.78 bits per heavy atom. The zero-order valence-electron chi connectivity index (χ0n) is 13.9. The third-order valence-electron chi connectivity index (χ3n) is 5.16. The average molecular weight is 317 g/mol. The second-order valence-corrected chi connectivity index (χ2v) is 6.75. The van der Waals surface area contributed by atoms with Gasteiger partial charge in [0.25, 0.3) is 5.91 Å². The van der Waals surface area contributed by atoms with Crippen LogP contribution in [0.2, 0.25) is 0 Å². The van der Waals surface area contributed by atoms with Gasteiger partial charge in [0.1, 0.15) is 0 Å². The lowest BCUT2D eigenvalue weighted by Gasteiger charge is -2.37. The van der Waals surface area contributed by atoms with Crippen LogP contribution in [0, 0.1) is 5.92 Å². The van der Waals surface area contributed by atoms with Crippen LogP contribution in [0.25, 0.3) is 0 Å². The Morgan fingerprint density at radius 1 is 1.30 bits per heavy atom. The van der Waals surface area contributed by atoms with E-state index in [0.29, 0.717) is 19.6 Å². The van der Waals surface area contributed by atoms with E-state index in [1.807, 2.05) is 17.0 Å². The van der Waals surface area contributed by atoms with E-state index < -0.39 is 0 Å². The van der Waals surface area contributed by atoms with E-state index >= 15 is 0 Å². The van der Waals surface area contributed by atoms with Crippen molar-refractivity contribution in [1.82, 2.24) is 4.90 Å². The van der Waals surface area contributed by atoms with Gasteiger partial charge in [0, 0.05) is 30.7 Å². The molecule has 1 amide bonds. The molecule has 0 aromatic heterocycles. The normalized spacial score (nSPS) is 28.1. The first-order chi connectivity index (χ1) is 11.2. The van der Waals surface area contributed by atoms with E-state index in [9.17, 15) is 9.90 Å². The van der Waals surface area contributed by atoms with Gasteiger partial charge in [-0.3, -0.25) is 4.79 Å². The number of hydrogen-bond donors (Lipinski definition) is 1. The summed E-state index contributed by atoms with van der Waals surface area (Å²) < 4.78 is 5.54. The predicted molar refractivity (Wildman–Crippen MR) is 89.4 cm³/mol. The van der Waals surface area contributed by atoms with Crippen LogP contribution in [0.1, 0.15) is 48.5 Å². The van der Waals surface area contributed by atoms with Crippen molar-refractivity contribution in [2.75, 3.05) is 19.8 Å². The number of ether oxygens (including phenoxy) is 1. The molecule has 0 aliphatic carbocycles. The molecule has 3 atom stereocenters. The number of nitrogens with zero attached hydrogens (tertiary/aromatic N) is 1. The highest BCUT2D eigenvalue weighted by Crippen LogP contribution is 2.31. The van der Waals surface area contributed by atoms with Crippen LogP contribution in [0.5, 0.6) is 0 Å². The van der Waals surface area contributed by atoms with Crippen LogP contribution in [0.3, 0.4) is 0 Å². The van der Waals surface area contributed by atoms with Crippen molar-refractivity contribution in [1.29, 1.82) is 0 Å². The smallest absolute Gasteiger partial charge is 0.254 e. The molecule has 2 heterocycles. The lowest BCUT2D eigenvalue weighted by molar-refractivity contribution is -0.0589. The third kappa shape index (κ3) is 3.59. The fraction of sp³-hybridized carbons (Fsp3) is 0.632. The highest BCUT2D eigenvalue weighted by molar-refractivity contribution is 5.94. The molecule has 0 bridgehead atoms. The Morgan fingerprint density at radius 2 is 2.09 bits per heavy atom. The van der Waals surface area contributed by atoms with Gasteiger partial charge in [-0.25, -0.2) is 0 Å². The second-order valence-electron chi connectivity index (χ2n) is 6.75. The monoisotopic (exact) mass is 317 g/mol. The highest BCUT2D eigenvalue weighted by Gasteiger charge is 2.39. The van der Waals surface area contributed by atoms with Gasteiger partial charge in [-0.1, -0.05) is 25.5 Å². The first-order valence-corrected chi connectivity index (χ1v) is 8.86. The van der Waals surface area contributed by atoms with Crippen LogP contribution < -0.4 is 0 Å². The van der Waals surface area contributed by atoms with Gasteiger partial charge >= 0.3 is 0 Å². The Balaban J connectivity index is 1.72. The molecule has 2 aliphatic rings. The summed E-state index contributed by atoms with van der Waals surface area (Å²) >= 11 is 0. The average Bonchev–Trinajstić information content (AvgIpc) is 3.05. The van der Waals surface area contributed by atoms with E-state index in [4.69, 9.17) is 4.74 Å². The van der Waals surface area contributed by atoms with Gasteiger partial charge < -0.3 is 14.7 Å². The minimum atomic E-state index is -0.353. The first kappa shape index (κ1) is 16.5. The molecule has 1 N–H and O–H groups in total. The maximum Gasteiger partial charge on any atom is 0.254 e. The van der Waals surface area contributed by atoms with Gasteiger partial charge in [0.15, 0.2) is 0 Å². The molecule has 2 saturated heterocycles. The van der Waals surface area contributed by atoms with Gasteiger partial charge in [0.2, 0.25) is 0 Å². The maximum absolute atomic E-state index is 12.9. The van der Waals surface area contributed by atoms with Crippen molar-refractivity contribution in [3.63, 3.8) is 0 Å². The summed E-state index contributed by atoms with van der Waals surface area (Å²) in [5.41, 5.74) is 2.03. The molecule has 1 aromatic carbocycles. The summed E-state index contributed by atoms with van der Waals surface area (Å²) in [4.78, 5) is 14.8. The lowest BCUT2D eigenvalue weighted by atomic mass is 9.89. The summed E-state index contributed by atoms with van der Waals surface area (Å²) in [6.45, 7) is 4.12. The fourth-order valence-corrected chi connectivity index (χ4v) is 3.87. The summed E-state index contributed by atoms with van der Waals surface area (Å²) in [7, 11) is 0. The van der Waals surface area contributed by atoms with Gasteiger partial charge in [-0.2, -0.15) is 0 Å². The summed E-state index contributed by atoms with van der Waals surface area (Å²) in [5.74, 6) is 0.142. The quantitative estimate of drug-likeness (QED) is 0.929. The number of rotatable bonds is 4. The van der Waals surface area contributed by atoms with Crippen molar-refractivity contribution >= 4 is 5.91 Å². The predicted octanol–water partition coefficient (Wildman–Crippen LogP) is 2.64. The minimum absolute atomic E-state index is 0.0505. The van der Waals surface area contributed by atoms with E-state index in [0.717, 1.165) is 37.8 Å². The fourth-order valence-electron chi connectivity index (χ4n) is 3.87. The summed E-state index contributed by atoms with van der Waals surface area (Å²) in [5, 5.41) is 10.3. The molecule has 1 aromatic rings. The van der Waals surface area contributed by atoms with Crippen LogP contribution in [0.15, 0.2) is 24.3 Å². The molecule has 126 valence electrons. The zero-order valence-corrected chi connectivity index (χ0v) is 13.9. The van der Waals surface area contributed by atoms with Crippen LogP contribution in [-0.2, 0) is 11.2 Å².